The topological polar surface area (TPSA) is 49.4 Å². The van der Waals surface area contributed by atoms with Crippen LogP contribution in [0.1, 0.15) is 40.0 Å². The molecule has 1 aliphatic heterocycles. The Morgan fingerprint density at radius 2 is 2.18 bits per heavy atom. The maximum Gasteiger partial charge on any atom is 0.241 e. The van der Waals surface area contributed by atoms with Gasteiger partial charge in [-0.1, -0.05) is 13.0 Å². The smallest absolute Gasteiger partial charge is 0.241 e. The van der Waals surface area contributed by atoms with Gasteiger partial charge in [-0.25, -0.2) is 0 Å². The summed E-state index contributed by atoms with van der Waals surface area (Å²) in [5.74, 6) is 0.0399. The summed E-state index contributed by atoms with van der Waals surface area (Å²) in [4.78, 5) is 15.7. The van der Waals surface area contributed by atoms with Gasteiger partial charge in [0.1, 0.15) is 0 Å². The van der Waals surface area contributed by atoms with Gasteiger partial charge < -0.3 is 5.32 Å². The predicted octanol–water partition coefficient (Wildman–Crippen LogP) is 3.02. The third kappa shape index (κ3) is 3.76. The molecular weight excluding hydrogens is 296 g/mol. The van der Waals surface area contributed by atoms with Crippen LogP contribution < -0.4 is 5.32 Å². The van der Waals surface area contributed by atoms with E-state index in [1.54, 1.807) is 12.3 Å². The van der Waals surface area contributed by atoms with E-state index in [9.17, 15) is 9.00 Å². The fourth-order valence-corrected chi connectivity index (χ4v) is 3.51. The number of nitrogens with zero attached hydrogens (tertiary/aromatic N) is 1. The first-order valence-electron chi connectivity index (χ1n) is 7.86. The molecule has 2 rings (SSSR count). The highest BCUT2D eigenvalue weighted by atomic mass is 32.2. The Labute approximate surface area is 135 Å². The molecule has 1 N–H and O–H groups in total. The van der Waals surface area contributed by atoms with Crippen LogP contribution in [-0.4, -0.2) is 39.4 Å². The Kier molecular flexibility index (Phi) is 5.40. The van der Waals surface area contributed by atoms with Gasteiger partial charge in [0.05, 0.1) is 6.04 Å². The van der Waals surface area contributed by atoms with Crippen LogP contribution in [0.15, 0.2) is 29.2 Å². The van der Waals surface area contributed by atoms with Crippen molar-refractivity contribution >= 4 is 22.4 Å². The molecule has 1 aromatic rings. The molecule has 1 amide bonds. The van der Waals surface area contributed by atoms with Gasteiger partial charge in [-0.2, -0.15) is 0 Å². The van der Waals surface area contributed by atoms with Gasteiger partial charge in [-0.05, 0) is 57.9 Å². The summed E-state index contributed by atoms with van der Waals surface area (Å²) in [5.41, 5.74) is 0.754. The second-order valence-electron chi connectivity index (χ2n) is 6.49. The summed E-state index contributed by atoms with van der Waals surface area (Å²) in [6, 6.07) is 7.20. The molecule has 1 aromatic carbocycles. The van der Waals surface area contributed by atoms with Crippen LogP contribution in [0.25, 0.3) is 0 Å². The van der Waals surface area contributed by atoms with Gasteiger partial charge in [-0.15, -0.1) is 0 Å². The maximum atomic E-state index is 12.6. The SMILES string of the molecule is CCC(C)(C)N1CCCC1C(=O)Nc1cccc(S(C)=O)c1. The largest absolute Gasteiger partial charge is 0.325 e. The summed E-state index contributed by atoms with van der Waals surface area (Å²) in [7, 11) is -1.04. The van der Waals surface area contributed by atoms with E-state index in [0.717, 1.165) is 36.4 Å². The van der Waals surface area contributed by atoms with Crippen molar-refractivity contribution < 1.29 is 9.00 Å². The summed E-state index contributed by atoms with van der Waals surface area (Å²) in [6.07, 6.45) is 4.61. The van der Waals surface area contributed by atoms with Crippen molar-refractivity contribution in [2.75, 3.05) is 18.1 Å². The number of carbonyl (C=O) groups is 1. The Morgan fingerprint density at radius 1 is 1.45 bits per heavy atom. The van der Waals surface area contributed by atoms with E-state index in [1.807, 2.05) is 18.2 Å². The third-order valence-corrected chi connectivity index (χ3v) is 5.55. The maximum absolute atomic E-state index is 12.6. The van der Waals surface area contributed by atoms with Gasteiger partial charge in [0, 0.05) is 33.2 Å². The van der Waals surface area contributed by atoms with Crippen LogP contribution in [-0.2, 0) is 15.6 Å². The number of anilines is 1. The minimum atomic E-state index is -1.04. The lowest BCUT2D eigenvalue weighted by Gasteiger charge is -2.38. The molecule has 1 aliphatic rings. The van der Waals surface area contributed by atoms with Crippen molar-refractivity contribution in [2.45, 2.75) is 56.5 Å². The number of carbonyl (C=O) groups excluding carboxylic acids is 1. The van der Waals surface area contributed by atoms with E-state index in [1.165, 1.54) is 0 Å². The average molecular weight is 322 g/mol. The van der Waals surface area contributed by atoms with Crippen LogP contribution in [0.3, 0.4) is 0 Å². The first-order chi connectivity index (χ1) is 10.3. The molecule has 0 aliphatic carbocycles. The Hall–Kier alpha value is -1.20. The molecule has 1 saturated heterocycles. The first kappa shape index (κ1) is 17.2. The highest BCUT2D eigenvalue weighted by Crippen LogP contribution is 2.29. The van der Waals surface area contributed by atoms with Gasteiger partial charge in [0.15, 0.2) is 0 Å². The molecular formula is C17H26N2O2S. The third-order valence-electron chi connectivity index (χ3n) is 4.63. The number of hydrogen-bond donors (Lipinski definition) is 1. The van der Waals surface area contributed by atoms with Crippen LogP contribution in [0.5, 0.6) is 0 Å². The molecule has 0 aromatic heterocycles. The van der Waals surface area contributed by atoms with E-state index in [-0.39, 0.29) is 17.5 Å². The average Bonchev–Trinajstić information content (AvgIpc) is 2.98. The number of likely N-dealkylation sites (tertiary alicyclic amines) is 1. The van der Waals surface area contributed by atoms with Gasteiger partial charge >= 0.3 is 0 Å². The standard InChI is InChI=1S/C17H26N2O2S/c1-5-17(2,3)19-11-7-10-15(19)16(20)18-13-8-6-9-14(12-13)22(4)21/h6,8-9,12,15H,5,7,10-11H2,1-4H3,(H,18,20). The lowest BCUT2D eigenvalue weighted by Crippen LogP contribution is -2.50. The summed E-state index contributed by atoms with van der Waals surface area (Å²) >= 11 is 0. The van der Waals surface area contributed by atoms with Crippen LogP contribution in [0.2, 0.25) is 0 Å². The first-order valence-corrected chi connectivity index (χ1v) is 9.42. The number of hydrogen-bond acceptors (Lipinski definition) is 3. The molecule has 22 heavy (non-hydrogen) atoms. The molecule has 2 unspecified atom stereocenters. The van der Waals surface area contributed by atoms with Crippen molar-refractivity contribution in [3.8, 4) is 0 Å². The van der Waals surface area contributed by atoms with Crippen molar-refractivity contribution in [1.29, 1.82) is 0 Å². The Bertz CT molecular complexity index is 572. The van der Waals surface area contributed by atoms with E-state index < -0.39 is 10.8 Å². The van der Waals surface area contributed by atoms with Gasteiger partial charge in [0.2, 0.25) is 5.91 Å². The molecule has 0 spiro atoms. The van der Waals surface area contributed by atoms with Crippen molar-refractivity contribution in [1.82, 2.24) is 4.90 Å². The van der Waals surface area contributed by atoms with Gasteiger partial charge in [0.25, 0.3) is 0 Å². The summed E-state index contributed by atoms with van der Waals surface area (Å²) in [6.45, 7) is 7.52. The minimum absolute atomic E-state index is 0.0330. The second-order valence-corrected chi connectivity index (χ2v) is 7.87. The van der Waals surface area contributed by atoms with Crippen molar-refractivity contribution in [2.24, 2.45) is 0 Å². The second kappa shape index (κ2) is 6.92. The van der Waals surface area contributed by atoms with Crippen molar-refractivity contribution in [3.05, 3.63) is 24.3 Å². The Morgan fingerprint density at radius 3 is 2.82 bits per heavy atom. The van der Waals surface area contributed by atoms with E-state index in [0.29, 0.717) is 0 Å². The number of nitrogens with one attached hydrogen (secondary N) is 1. The molecule has 5 heteroatoms. The molecule has 1 fully saturated rings. The predicted molar refractivity (Wildman–Crippen MR) is 91.5 cm³/mol. The minimum Gasteiger partial charge on any atom is -0.325 e. The highest BCUT2D eigenvalue weighted by Gasteiger charge is 2.38. The highest BCUT2D eigenvalue weighted by molar-refractivity contribution is 7.84. The fraction of sp³-hybridized carbons (Fsp3) is 0.588. The molecule has 4 nitrogen and oxygen atoms in total. The molecule has 1 heterocycles. The zero-order valence-corrected chi connectivity index (χ0v) is 14.7. The number of benzene rings is 1. The summed E-state index contributed by atoms with van der Waals surface area (Å²) < 4.78 is 11.6. The van der Waals surface area contributed by atoms with Crippen LogP contribution in [0.4, 0.5) is 5.69 Å². The molecule has 2 atom stereocenters. The zero-order chi connectivity index (χ0) is 16.3. The monoisotopic (exact) mass is 322 g/mol. The van der Waals surface area contributed by atoms with Crippen LogP contribution in [0, 0.1) is 0 Å². The number of amides is 1. The normalized spacial score (nSPS) is 20.8. The van der Waals surface area contributed by atoms with E-state index in [4.69, 9.17) is 0 Å². The fourth-order valence-electron chi connectivity index (χ4n) is 2.95. The quantitative estimate of drug-likeness (QED) is 0.906. The van der Waals surface area contributed by atoms with E-state index >= 15 is 0 Å². The molecule has 122 valence electrons. The van der Waals surface area contributed by atoms with Crippen molar-refractivity contribution in [3.63, 3.8) is 0 Å². The molecule has 0 radical (unpaired) electrons. The zero-order valence-electron chi connectivity index (χ0n) is 13.9. The Balaban J connectivity index is 2.11. The summed E-state index contributed by atoms with van der Waals surface area (Å²) in [5, 5.41) is 2.99. The van der Waals surface area contributed by atoms with Gasteiger partial charge in [-0.3, -0.25) is 13.9 Å². The van der Waals surface area contributed by atoms with E-state index in [2.05, 4.69) is 31.0 Å². The number of rotatable bonds is 5. The van der Waals surface area contributed by atoms with Crippen LogP contribution >= 0.6 is 0 Å². The molecule has 0 bridgehead atoms. The lowest BCUT2D eigenvalue weighted by atomic mass is 9.98. The molecule has 0 saturated carbocycles. The lowest BCUT2D eigenvalue weighted by molar-refractivity contribution is -0.122.